The molecule has 1 heterocycles. The Bertz CT molecular complexity index is 833. The van der Waals surface area contributed by atoms with Gasteiger partial charge in [-0.15, -0.1) is 0 Å². The van der Waals surface area contributed by atoms with E-state index in [1.165, 1.54) is 0 Å². The van der Waals surface area contributed by atoms with Crippen LogP contribution in [0.4, 0.5) is 0 Å². The first-order chi connectivity index (χ1) is 11.3. The predicted molar refractivity (Wildman–Crippen MR) is 91.9 cm³/mol. The molecule has 118 valence electrons. The zero-order chi connectivity index (χ0) is 16.2. The number of para-hydroxylation sites is 2. The second-order valence-corrected chi connectivity index (χ2v) is 5.34. The molecule has 0 fully saturated rings. The maximum atomic E-state index is 13.0. The van der Waals surface area contributed by atoms with Crippen LogP contribution in [0, 0.1) is 0 Å². The smallest absolute Gasteiger partial charge is 0.278 e. The molecule has 0 N–H and O–H groups in total. The quantitative estimate of drug-likeness (QED) is 0.722. The third-order valence-corrected chi connectivity index (χ3v) is 3.80. The molecule has 4 nitrogen and oxygen atoms in total. The van der Waals surface area contributed by atoms with Crippen molar-refractivity contribution in [1.82, 2.24) is 9.36 Å². The van der Waals surface area contributed by atoms with E-state index in [4.69, 9.17) is 4.74 Å². The number of hydrogen-bond acceptors (Lipinski definition) is 2. The molecule has 0 aliphatic carbocycles. The summed E-state index contributed by atoms with van der Waals surface area (Å²) in [4.78, 5) is 13.0. The summed E-state index contributed by atoms with van der Waals surface area (Å²) >= 11 is 0. The lowest BCUT2D eigenvalue weighted by atomic mass is 10.2. The fourth-order valence-electron chi connectivity index (χ4n) is 2.81. The van der Waals surface area contributed by atoms with Gasteiger partial charge in [-0.1, -0.05) is 49.7 Å². The molecule has 0 unspecified atom stereocenters. The topological polar surface area (TPSA) is 36.2 Å². The molecule has 4 heteroatoms. The summed E-state index contributed by atoms with van der Waals surface area (Å²) in [5.74, 6) is 0.604. The van der Waals surface area contributed by atoms with Crippen molar-refractivity contribution in [2.75, 3.05) is 7.11 Å². The molecule has 3 aromatic rings. The third-order valence-electron chi connectivity index (χ3n) is 3.80. The van der Waals surface area contributed by atoms with Gasteiger partial charge in [0.1, 0.15) is 0 Å². The van der Waals surface area contributed by atoms with Crippen LogP contribution in [0.3, 0.4) is 0 Å². The van der Waals surface area contributed by atoms with Gasteiger partial charge in [0.05, 0.1) is 24.0 Å². The fourth-order valence-corrected chi connectivity index (χ4v) is 2.81. The number of rotatable bonds is 5. The summed E-state index contributed by atoms with van der Waals surface area (Å²) in [6.45, 7) is 2.06. The Balaban J connectivity index is 2.35. The van der Waals surface area contributed by atoms with Crippen molar-refractivity contribution in [3.05, 3.63) is 76.6 Å². The Morgan fingerprint density at radius 3 is 1.87 bits per heavy atom. The van der Waals surface area contributed by atoms with Crippen LogP contribution >= 0.6 is 0 Å². The summed E-state index contributed by atoms with van der Waals surface area (Å²) < 4.78 is 9.14. The molecule has 0 saturated heterocycles. The maximum Gasteiger partial charge on any atom is 0.278 e. The fraction of sp³-hybridized carbons (Fsp3) is 0.211. The van der Waals surface area contributed by atoms with Crippen LogP contribution in [0.1, 0.15) is 18.9 Å². The van der Waals surface area contributed by atoms with Gasteiger partial charge in [-0.2, -0.15) is 0 Å². The second kappa shape index (κ2) is 6.57. The van der Waals surface area contributed by atoms with Gasteiger partial charge in [0.25, 0.3) is 5.56 Å². The van der Waals surface area contributed by atoms with Crippen LogP contribution in [-0.2, 0) is 6.42 Å². The molecule has 0 amide bonds. The lowest BCUT2D eigenvalue weighted by molar-refractivity contribution is 0.374. The van der Waals surface area contributed by atoms with Gasteiger partial charge in [0, 0.05) is 0 Å². The number of aromatic nitrogens is 2. The van der Waals surface area contributed by atoms with E-state index in [1.54, 1.807) is 11.8 Å². The predicted octanol–water partition coefficient (Wildman–Crippen LogP) is 3.59. The Kier molecular flexibility index (Phi) is 4.33. The lowest BCUT2D eigenvalue weighted by Crippen LogP contribution is -2.21. The molecule has 23 heavy (non-hydrogen) atoms. The monoisotopic (exact) mass is 308 g/mol. The van der Waals surface area contributed by atoms with E-state index >= 15 is 0 Å². The Hall–Kier alpha value is -2.75. The van der Waals surface area contributed by atoms with Crippen LogP contribution in [0.2, 0.25) is 0 Å². The van der Waals surface area contributed by atoms with Crippen molar-refractivity contribution in [3.63, 3.8) is 0 Å². The highest BCUT2D eigenvalue weighted by atomic mass is 16.5. The number of nitrogens with zero attached hydrogens (tertiary/aromatic N) is 2. The largest absolute Gasteiger partial charge is 0.481 e. The Labute approximate surface area is 135 Å². The van der Waals surface area contributed by atoms with E-state index < -0.39 is 0 Å². The molecule has 0 radical (unpaired) electrons. The third kappa shape index (κ3) is 2.68. The lowest BCUT2D eigenvalue weighted by Gasteiger charge is -2.14. The first kappa shape index (κ1) is 15.2. The van der Waals surface area contributed by atoms with Gasteiger partial charge in [-0.3, -0.25) is 4.79 Å². The average Bonchev–Trinajstić information content (AvgIpc) is 2.89. The highest BCUT2D eigenvalue weighted by Crippen LogP contribution is 2.24. The van der Waals surface area contributed by atoms with E-state index in [0.717, 1.165) is 17.8 Å². The maximum absolute atomic E-state index is 13.0. The zero-order valence-corrected chi connectivity index (χ0v) is 13.4. The van der Waals surface area contributed by atoms with Crippen molar-refractivity contribution in [2.24, 2.45) is 0 Å². The minimum Gasteiger partial charge on any atom is -0.481 e. The van der Waals surface area contributed by atoms with Gasteiger partial charge < -0.3 is 4.74 Å². The van der Waals surface area contributed by atoms with E-state index in [0.29, 0.717) is 17.9 Å². The molecule has 3 rings (SSSR count). The van der Waals surface area contributed by atoms with E-state index in [-0.39, 0.29) is 5.56 Å². The molecule has 0 aliphatic heterocycles. The van der Waals surface area contributed by atoms with Gasteiger partial charge in [0.2, 0.25) is 5.88 Å². The van der Waals surface area contributed by atoms with Crippen molar-refractivity contribution < 1.29 is 4.74 Å². The summed E-state index contributed by atoms with van der Waals surface area (Å²) in [7, 11) is 1.61. The van der Waals surface area contributed by atoms with E-state index in [9.17, 15) is 4.79 Å². The standard InChI is InChI=1S/C19H20N2O2/c1-3-10-17-18(22)20(15-11-6-4-7-12-15)21(19(17)23-2)16-13-8-5-9-14-16/h4-9,11-14H,3,10H2,1-2H3. The molecule has 2 aromatic carbocycles. The number of hydrogen-bond donors (Lipinski definition) is 0. The minimum absolute atomic E-state index is 0.0289. The van der Waals surface area contributed by atoms with Crippen molar-refractivity contribution in [1.29, 1.82) is 0 Å². The van der Waals surface area contributed by atoms with Crippen LogP contribution in [0.5, 0.6) is 5.88 Å². The minimum atomic E-state index is -0.0289. The van der Waals surface area contributed by atoms with Crippen molar-refractivity contribution in [3.8, 4) is 17.3 Å². The highest BCUT2D eigenvalue weighted by Gasteiger charge is 2.22. The average molecular weight is 308 g/mol. The van der Waals surface area contributed by atoms with Crippen LogP contribution in [0.25, 0.3) is 11.4 Å². The first-order valence-corrected chi connectivity index (χ1v) is 7.79. The van der Waals surface area contributed by atoms with Crippen LogP contribution < -0.4 is 10.3 Å². The normalized spacial score (nSPS) is 10.7. The van der Waals surface area contributed by atoms with Gasteiger partial charge >= 0.3 is 0 Å². The summed E-state index contributed by atoms with van der Waals surface area (Å²) in [6.07, 6.45) is 1.58. The van der Waals surface area contributed by atoms with Gasteiger partial charge in [-0.25, -0.2) is 9.36 Å². The number of benzene rings is 2. The SMILES string of the molecule is CCCc1c(OC)n(-c2ccccc2)n(-c2ccccc2)c1=O. The van der Waals surface area contributed by atoms with Gasteiger partial charge in [0.15, 0.2) is 0 Å². The zero-order valence-electron chi connectivity index (χ0n) is 13.4. The summed E-state index contributed by atoms with van der Waals surface area (Å²) in [5, 5.41) is 0. The van der Waals surface area contributed by atoms with Crippen molar-refractivity contribution >= 4 is 0 Å². The summed E-state index contributed by atoms with van der Waals surface area (Å²) in [5.41, 5.74) is 2.40. The summed E-state index contributed by atoms with van der Waals surface area (Å²) in [6, 6.07) is 19.4. The van der Waals surface area contributed by atoms with Crippen molar-refractivity contribution in [2.45, 2.75) is 19.8 Å². The second-order valence-electron chi connectivity index (χ2n) is 5.34. The highest BCUT2D eigenvalue weighted by molar-refractivity contribution is 5.43. The molecular weight excluding hydrogens is 288 g/mol. The Morgan fingerprint density at radius 2 is 1.39 bits per heavy atom. The van der Waals surface area contributed by atoms with Crippen LogP contribution in [-0.4, -0.2) is 16.5 Å². The molecule has 0 aliphatic rings. The molecule has 0 bridgehead atoms. The number of ether oxygens (including phenoxy) is 1. The van der Waals surface area contributed by atoms with Crippen LogP contribution in [0.15, 0.2) is 65.5 Å². The van der Waals surface area contributed by atoms with E-state index in [2.05, 4.69) is 6.92 Å². The van der Waals surface area contributed by atoms with Gasteiger partial charge in [-0.05, 0) is 30.7 Å². The molecule has 0 atom stereocenters. The molecule has 0 spiro atoms. The Morgan fingerprint density at radius 1 is 0.870 bits per heavy atom. The number of methoxy groups -OCH3 is 1. The molecule has 0 saturated carbocycles. The van der Waals surface area contributed by atoms with E-state index in [1.807, 2.05) is 65.3 Å². The molecule has 1 aromatic heterocycles. The first-order valence-electron chi connectivity index (χ1n) is 7.79. The molecular formula is C19H20N2O2.